The average molecular weight is 482 g/mol. The molecule has 1 aliphatic rings. The molecule has 0 atom stereocenters. The molecular formula is C24H27N5O4S. The minimum Gasteiger partial charge on any atom is -0.457 e. The molecule has 3 aromatic rings. The van der Waals surface area contributed by atoms with Crippen LogP contribution in [0.1, 0.15) is 54.3 Å². The summed E-state index contributed by atoms with van der Waals surface area (Å²) in [6.07, 6.45) is 8.11. The van der Waals surface area contributed by atoms with Gasteiger partial charge in [0.15, 0.2) is 5.16 Å². The number of thioether (sulfide) groups is 1. The summed E-state index contributed by atoms with van der Waals surface area (Å²) in [6.45, 7) is 0.401. The van der Waals surface area contributed by atoms with E-state index in [9.17, 15) is 14.9 Å². The van der Waals surface area contributed by atoms with Crippen LogP contribution < -0.4 is 10.1 Å². The number of aromatic nitrogens is 3. The number of amides is 1. The summed E-state index contributed by atoms with van der Waals surface area (Å²) in [5.74, 6) is 1.33. The highest BCUT2D eigenvalue weighted by Crippen LogP contribution is 2.33. The summed E-state index contributed by atoms with van der Waals surface area (Å²) >= 11 is 1.60. The number of benzene rings is 2. The first-order chi connectivity index (χ1) is 16.6. The van der Waals surface area contributed by atoms with Crippen LogP contribution in [0.5, 0.6) is 11.5 Å². The lowest BCUT2D eigenvalue weighted by Gasteiger charge is -2.16. The van der Waals surface area contributed by atoms with Crippen LogP contribution in [0.4, 0.5) is 5.69 Å². The summed E-state index contributed by atoms with van der Waals surface area (Å²) in [5.41, 5.74) is -0.0448. The SMILES string of the molecule is CSc1nnc(CCCNC(=O)c2cc([N+](=O)[O-])ccc2Oc2ccccc2)n1C1CCCC1. The van der Waals surface area contributed by atoms with Crippen LogP contribution in [0.25, 0.3) is 0 Å². The lowest BCUT2D eigenvalue weighted by Crippen LogP contribution is -2.25. The molecule has 0 bridgehead atoms. The molecule has 10 heteroatoms. The third-order valence-corrected chi connectivity index (χ3v) is 6.50. The van der Waals surface area contributed by atoms with E-state index in [0.29, 0.717) is 31.2 Å². The molecule has 0 saturated heterocycles. The van der Waals surface area contributed by atoms with E-state index < -0.39 is 10.8 Å². The number of nitro groups is 1. The van der Waals surface area contributed by atoms with Crippen LogP contribution in [0.15, 0.2) is 53.7 Å². The molecule has 1 amide bonds. The van der Waals surface area contributed by atoms with Crippen LogP contribution >= 0.6 is 11.8 Å². The van der Waals surface area contributed by atoms with Crippen molar-refractivity contribution in [2.45, 2.75) is 49.7 Å². The van der Waals surface area contributed by atoms with Crippen LogP contribution in [0.3, 0.4) is 0 Å². The summed E-state index contributed by atoms with van der Waals surface area (Å²) in [5, 5.41) is 23.8. The Balaban J connectivity index is 1.41. The average Bonchev–Trinajstić information content (AvgIpc) is 3.52. The third-order valence-electron chi connectivity index (χ3n) is 5.86. The van der Waals surface area contributed by atoms with E-state index in [1.165, 1.54) is 31.0 Å². The van der Waals surface area contributed by atoms with E-state index in [0.717, 1.165) is 23.8 Å². The Hall–Kier alpha value is -3.40. The van der Waals surface area contributed by atoms with E-state index in [4.69, 9.17) is 4.74 Å². The zero-order valence-corrected chi connectivity index (χ0v) is 19.8. The quantitative estimate of drug-likeness (QED) is 0.184. The fraction of sp³-hybridized carbons (Fsp3) is 0.375. The maximum Gasteiger partial charge on any atom is 0.270 e. The van der Waals surface area contributed by atoms with Gasteiger partial charge in [-0.25, -0.2) is 0 Å². The van der Waals surface area contributed by atoms with E-state index in [-0.39, 0.29) is 17.0 Å². The van der Waals surface area contributed by atoms with Gasteiger partial charge in [-0.2, -0.15) is 0 Å². The van der Waals surface area contributed by atoms with Crippen molar-refractivity contribution in [3.05, 3.63) is 70.0 Å². The van der Waals surface area contributed by atoms with Gasteiger partial charge in [-0.15, -0.1) is 10.2 Å². The number of carbonyl (C=O) groups excluding carboxylic acids is 1. The van der Waals surface area contributed by atoms with Crippen molar-refractivity contribution in [1.82, 2.24) is 20.1 Å². The number of hydrogen-bond acceptors (Lipinski definition) is 7. The molecule has 1 heterocycles. The van der Waals surface area contributed by atoms with E-state index >= 15 is 0 Å². The molecule has 0 aliphatic heterocycles. The molecule has 178 valence electrons. The molecule has 4 rings (SSSR count). The number of hydrogen-bond donors (Lipinski definition) is 1. The summed E-state index contributed by atoms with van der Waals surface area (Å²) in [7, 11) is 0. The van der Waals surface area contributed by atoms with Crippen molar-refractivity contribution < 1.29 is 14.5 Å². The molecule has 0 radical (unpaired) electrons. The second-order valence-corrected chi connectivity index (χ2v) is 8.90. The zero-order chi connectivity index (χ0) is 23.9. The third kappa shape index (κ3) is 5.56. The Morgan fingerprint density at radius 2 is 1.97 bits per heavy atom. The first-order valence-electron chi connectivity index (χ1n) is 11.3. The van der Waals surface area contributed by atoms with Crippen molar-refractivity contribution in [3.63, 3.8) is 0 Å². The molecular weight excluding hydrogens is 454 g/mol. The van der Waals surface area contributed by atoms with Gasteiger partial charge in [0.25, 0.3) is 11.6 Å². The zero-order valence-electron chi connectivity index (χ0n) is 19.0. The van der Waals surface area contributed by atoms with Crippen molar-refractivity contribution in [2.75, 3.05) is 12.8 Å². The number of para-hydroxylation sites is 1. The number of non-ortho nitro benzene ring substituents is 1. The van der Waals surface area contributed by atoms with E-state index in [1.54, 1.807) is 23.9 Å². The topological polar surface area (TPSA) is 112 Å². The number of rotatable bonds is 10. The van der Waals surface area contributed by atoms with Gasteiger partial charge in [-0.1, -0.05) is 42.8 Å². The highest BCUT2D eigenvalue weighted by atomic mass is 32.2. The smallest absolute Gasteiger partial charge is 0.270 e. The summed E-state index contributed by atoms with van der Waals surface area (Å²) in [4.78, 5) is 23.6. The summed E-state index contributed by atoms with van der Waals surface area (Å²) < 4.78 is 8.08. The number of nitrogens with zero attached hydrogens (tertiary/aromatic N) is 4. The van der Waals surface area contributed by atoms with Gasteiger partial charge in [-0.05, 0) is 43.7 Å². The number of nitrogens with one attached hydrogen (secondary N) is 1. The first kappa shape index (κ1) is 23.7. The predicted octanol–water partition coefficient (Wildman–Crippen LogP) is 5.18. The Morgan fingerprint density at radius 1 is 1.21 bits per heavy atom. The van der Waals surface area contributed by atoms with Crippen LogP contribution in [-0.4, -0.2) is 38.4 Å². The number of carbonyl (C=O) groups is 1. The van der Waals surface area contributed by atoms with Gasteiger partial charge in [0.05, 0.1) is 10.5 Å². The highest BCUT2D eigenvalue weighted by molar-refractivity contribution is 7.98. The highest BCUT2D eigenvalue weighted by Gasteiger charge is 2.23. The van der Waals surface area contributed by atoms with Gasteiger partial charge in [-0.3, -0.25) is 14.9 Å². The van der Waals surface area contributed by atoms with Crippen LogP contribution in [0.2, 0.25) is 0 Å². The van der Waals surface area contributed by atoms with Gasteiger partial charge in [0, 0.05) is 31.1 Å². The Kier molecular flexibility index (Phi) is 7.79. The first-order valence-corrected chi connectivity index (χ1v) is 12.6. The van der Waals surface area contributed by atoms with Crippen molar-refractivity contribution >= 4 is 23.4 Å². The van der Waals surface area contributed by atoms with E-state index in [1.807, 2.05) is 24.5 Å². The fourth-order valence-corrected chi connectivity index (χ4v) is 4.78. The number of nitro benzene ring substituents is 1. The number of ether oxygens (including phenoxy) is 1. The molecule has 2 aromatic carbocycles. The van der Waals surface area contributed by atoms with Crippen molar-refractivity contribution in [2.24, 2.45) is 0 Å². The Morgan fingerprint density at radius 3 is 2.68 bits per heavy atom. The second kappa shape index (κ2) is 11.1. The maximum absolute atomic E-state index is 12.9. The summed E-state index contributed by atoms with van der Waals surface area (Å²) in [6, 6.07) is 13.5. The molecule has 9 nitrogen and oxygen atoms in total. The number of aryl methyl sites for hydroxylation is 1. The molecule has 1 aliphatic carbocycles. The molecule has 0 unspecified atom stereocenters. The molecule has 1 aromatic heterocycles. The van der Waals surface area contributed by atoms with Gasteiger partial charge in [0.1, 0.15) is 17.3 Å². The second-order valence-electron chi connectivity index (χ2n) is 8.12. The fourth-order valence-electron chi connectivity index (χ4n) is 4.20. The lowest BCUT2D eigenvalue weighted by atomic mass is 10.1. The van der Waals surface area contributed by atoms with Gasteiger partial charge < -0.3 is 14.6 Å². The van der Waals surface area contributed by atoms with Crippen molar-refractivity contribution in [1.29, 1.82) is 0 Å². The minimum absolute atomic E-state index is 0.122. The molecule has 0 spiro atoms. The maximum atomic E-state index is 12.9. The molecule has 1 N–H and O–H groups in total. The molecule has 1 fully saturated rings. The minimum atomic E-state index is -0.526. The molecule has 34 heavy (non-hydrogen) atoms. The molecule has 1 saturated carbocycles. The largest absolute Gasteiger partial charge is 0.457 e. The Labute approximate surface area is 202 Å². The van der Waals surface area contributed by atoms with Crippen LogP contribution in [-0.2, 0) is 6.42 Å². The van der Waals surface area contributed by atoms with Crippen molar-refractivity contribution in [3.8, 4) is 11.5 Å². The van der Waals surface area contributed by atoms with Gasteiger partial charge >= 0.3 is 0 Å². The van der Waals surface area contributed by atoms with Gasteiger partial charge in [0.2, 0.25) is 0 Å². The Bertz CT molecular complexity index is 1150. The van der Waals surface area contributed by atoms with E-state index in [2.05, 4.69) is 20.1 Å². The monoisotopic (exact) mass is 481 g/mol. The lowest BCUT2D eigenvalue weighted by molar-refractivity contribution is -0.384. The van der Waals surface area contributed by atoms with Crippen LogP contribution in [0, 0.1) is 10.1 Å². The standard InChI is InChI=1S/C24H27N5O4S/c1-34-24-27-26-22(28(24)17-8-5-6-9-17)12-7-15-25-23(30)20-16-18(29(31)32)13-14-21(20)33-19-10-3-2-4-11-19/h2-4,10-11,13-14,16-17H,5-9,12,15H2,1H3,(H,25,30). The predicted molar refractivity (Wildman–Crippen MR) is 130 cm³/mol. The normalized spacial score (nSPS) is 13.7.